The monoisotopic (exact) mass is 490 g/mol. The summed E-state index contributed by atoms with van der Waals surface area (Å²) in [5, 5.41) is 2.77. The quantitative estimate of drug-likeness (QED) is 0.390. The maximum atomic E-state index is 12.0. The van der Waals surface area contributed by atoms with Gasteiger partial charge in [-0.1, -0.05) is 34.1 Å². The molecule has 8 nitrogen and oxygen atoms in total. The molecule has 1 unspecified atom stereocenters. The Kier molecular flexibility index (Phi) is 9.08. The van der Waals surface area contributed by atoms with Crippen molar-refractivity contribution in [2.45, 2.75) is 13.0 Å². The first-order valence-corrected chi connectivity index (χ1v) is 10.1. The van der Waals surface area contributed by atoms with Crippen molar-refractivity contribution in [3.8, 4) is 11.5 Å². The Bertz CT molecular complexity index is 959. The number of hydrogen-bond acceptors (Lipinski definition) is 6. The van der Waals surface area contributed by atoms with Crippen LogP contribution in [0.15, 0.2) is 53.0 Å². The lowest BCUT2D eigenvalue weighted by Gasteiger charge is -2.14. The average molecular weight is 491 g/mol. The first kappa shape index (κ1) is 23.9. The SMILES string of the molecule is COc1cc(/C=C/C(=O)OCC(=O)NC(C)c2ccc(Br)cc2)ccc1OCC(N)=O. The smallest absolute Gasteiger partial charge is 0.331 e. The minimum atomic E-state index is -0.667. The van der Waals surface area contributed by atoms with E-state index in [1.807, 2.05) is 31.2 Å². The van der Waals surface area contributed by atoms with E-state index >= 15 is 0 Å². The van der Waals surface area contributed by atoms with Gasteiger partial charge in [0, 0.05) is 10.5 Å². The predicted molar refractivity (Wildman–Crippen MR) is 118 cm³/mol. The van der Waals surface area contributed by atoms with Crippen molar-refractivity contribution in [1.82, 2.24) is 5.32 Å². The molecule has 0 radical (unpaired) electrons. The van der Waals surface area contributed by atoms with E-state index < -0.39 is 24.4 Å². The molecule has 0 aliphatic rings. The topological polar surface area (TPSA) is 117 Å². The van der Waals surface area contributed by atoms with E-state index in [0.29, 0.717) is 17.1 Å². The second kappa shape index (κ2) is 11.8. The van der Waals surface area contributed by atoms with Crippen LogP contribution in [0.5, 0.6) is 11.5 Å². The molecule has 0 heterocycles. The number of nitrogens with two attached hydrogens (primary N) is 1. The van der Waals surface area contributed by atoms with Gasteiger partial charge >= 0.3 is 5.97 Å². The van der Waals surface area contributed by atoms with Gasteiger partial charge in [0.2, 0.25) is 0 Å². The van der Waals surface area contributed by atoms with E-state index in [0.717, 1.165) is 10.0 Å². The standard InChI is InChI=1S/C22H23BrN2O6/c1-14(16-5-7-17(23)8-6-16)25-21(27)13-31-22(28)10-4-15-3-9-18(19(11-15)29-2)30-12-20(24)26/h3-11,14H,12-13H2,1-2H3,(H2,24,26)(H,25,27)/b10-4+. The molecule has 0 fully saturated rings. The summed E-state index contributed by atoms with van der Waals surface area (Å²) in [5.41, 5.74) is 6.62. The highest BCUT2D eigenvalue weighted by Gasteiger charge is 2.11. The highest BCUT2D eigenvalue weighted by atomic mass is 79.9. The number of carbonyl (C=O) groups excluding carboxylic acids is 3. The fourth-order valence-corrected chi connectivity index (χ4v) is 2.79. The maximum Gasteiger partial charge on any atom is 0.331 e. The number of benzene rings is 2. The number of methoxy groups -OCH3 is 1. The van der Waals surface area contributed by atoms with Gasteiger partial charge in [-0.2, -0.15) is 0 Å². The van der Waals surface area contributed by atoms with Gasteiger partial charge in [0.25, 0.3) is 11.8 Å². The number of nitrogens with one attached hydrogen (secondary N) is 1. The number of rotatable bonds is 10. The summed E-state index contributed by atoms with van der Waals surface area (Å²) in [4.78, 5) is 34.8. The van der Waals surface area contributed by atoms with E-state index in [4.69, 9.17) is 19.9 Å². The van der Waals surface area contributed by atoms with Crippen molar-refractivity contribution < 1.29 is 28.6 Å². The van der Waals surface area contributed by atoms with Gasteiger partial charge in [-0.3, -0.25) is 9.59 Å². The number of amides is 2. The zero-order chi connectivity index (χ0) is 22.8. The fraction of sp³-hybridized carbons (Fsp3) is 0.227. The zero-order valence-electron chi connectivity index (χ0n) is 17.1. The van der Waals surface area contributed by atoms with E-state index in [1.165, 1.54) is 19.3 Å². The predicted octanol–water partition coefficient (Wildman–Crippen LogP) is 2.76. The number of halogens is 1. The summed E-state index contributed by atoms with van der Waals surface area (Å²) in [5.74, 6) is -0.964. The van der Waals surface area contributed by atoms with E-state index in [2.05, 4.69) is 21.2 Å². The molecule has 31 heavy (non-hydrogen) atoms. The van der Waals surface area contributed by atoms with Gasteiger partial charge in [-0.15, -0.1) is 0 Å². The molecule has 0 aliphatic carbocycles. The summed E-state index contributed by atoms with van der Waals surface area (Å²) in [6, 6.07) is 12.2. The largest absolute Gasteiger partial charge is 0.493 e. The number of ether oxygens (including phenoxy) is 3. The normalized spacial score (nSPS) is 11.6. The third-order valence-electron chi connectivity index (χ3n) is 4.06. The molecule has 2 aromatic carbocycles. The summed E-state index contributed by atoms with van der Waals surface area (Å²) in [6.45, 7) is 1.17. The Morgan fingerprint density at radius 2 is 1.81 bits per heavy atom. The number of esters is 1. The third-order valence-corrected chi connectivity index (χ3v) is 4.59. The molecule has 2 rings (SSSR count). The molecule has 1 atom stereocenters. The molecule has 0 saturated carbocycles. The van der Waals surface area contributed by atoms with Crippen LogP contribution >= 0.6 is 15.9 Å². The number of primary amides is 1. The van der Waals surface area contributed by atoms with E-state index in [9.17, 15) is 14.4 Å². The summed E-state index contributed by atoms with van der Waals surface area (Å²) >= 11 is 3.36. The summed E-state index contributed by atoms with van der Waals surface area (Å²) in [6.07, 6.45) is 2.70. The molecule has 0 bridgehead atoms. The van der Waals surface area contributed by atoms with Crippen LogP contribution < -0.4 is 20.5 Å². The fourth-order valence-electron chi connectivity index (χ4n) is 2.52. The highest BCUT2D eigenvalue weighted by Crippen LogP contribution is 2.28. The van der Waals surface area contributed by atoms with Crippen LogP contribution in [-0.4, -0.2) is 38.1 Å². The second-order valence-corrected chi connectivity index (χ2v) is 7.36. The molecule has 0 saturated heterocycles. The first-order chi connectivity index (χ1) is 14.8. The lowest BCUT2D eigenvalue weighted by atomic mass is 10.1. The Balaban J connectivity index is 1.85. The molecule has 0 spiro atoms. The number of carbonyl (C=O) groups is 3. The molecule has 2 amide bonds. The van der Waals surface area contributed by atoms with Gasteiger partial charge in [0.1, 0.15) is 0 Å². The Labute approximate surface area is 188 Å². The van der Waals surface area contributed by atoms with Crippen molar-refractivity contribution in [3.63, 3.8) is 0 Å². The van der Waals surface area contributed by atoms with Crippen LogP contribution in [0.25, 0.3) is 6.08 Å². The summed E-state index contributed by atoms with van der Waals surface area (Å²) in [7, 11) is 1.45. The van der Waals surface area contributed by atoms with Gasteiger partial charge in [0.05, 0.1) is 13.2 Å². The minimum Gasteiger partial charge on any atom is -0.493 e. The molecule has 164 valence electrons. The molecule has 9 heteroatoms. The van der Waals surface area contributed by atoms with Crippen LogP contribution in [0.1, 0.15) is 24.1 Å². The van der Waals surface area contributed by atoms with E-state index in [-0.39, 0.29) is 12.6 Å². The average Bonchev–Trinajstić information content (AvgIpc) is 2.75. The van der Waals surface area contributed by atoms with Crippen LogP contribution in [0.4, 0.5) is 0 Å². The van der Waals surface area contributed by atoms with Crippen LogP contribution in [0.2, 0.25) is 0 Å². The second-order valence-electron chi connectivity index (χ2n) is 6.45. The Hall–Kier alpha value is -3.33. The highest BCUT2D eigenvalue weighted by molar-refractivity contribution is 9.10. The van der Waals surface area contributed by atoms with Gasteiger partial charge in [-0.25, -0.2) is 4.79 Å². The van der Waals surface area contributed by atoms with Crippen molar-refractivity contribution in [3.05, 3.63) is 64.1 Å². The van der Waals surface area contributed by atoms with Gasteiger partial charge in [-0.05, 0) is 48.4 Å². The lowest BCUT2D eigenvalue weighted by Crippen LogP contribution is -2.30. The number of hydrogen-bond donors (Lipinski definition) is 2. The van der Waals surface area contributed by atoms with E-state index in [1.54, 1.807) is 18.2 Å². The maximum absolute atomic E-state index is 12.0. The van der Waals surface area contributed by atoms with Gasteiger partial charge in [0.15, 0.2) is 24.7 Å². The zero-order valence-corrected chi connectivity index (χ0v) is 18.7. The molecule has 2 aromatic rings. The van der Waals surface area contributed by atoms with Gasteiger partial charge < -0.3 is 25.3 Å². The van der Waals surface area contributed by atoms with Crippen molar-refractivity contribution in [2.24, 2.45) is 5.73 Å². The van der Waals surface area contributed by atoms with Crippen molar-refractivity contribution in [2.75, 3.05) is 20.3 Å². The third kappa shape index (κ3) is 8.13. The molecular formula is C22H23BrN2O6. The first-order valence-electron chi connectivity index (χ1n) is 9.27. The molecule has 0 aliphatic heterocycles. The lowest BCUT2D eigenvalue weighted by molar-refractivity contribution is -0.144. The molecule has 0 aromatic heterocycles. The molecular weight excluding hydrogens is 468 g/mol. The van der Waals surface area contributed by atoms with Crippen molar-refractivity contribution >= 4 is 39.8 Å². The van der Waals surface area contributed by atoms with Crippen LogP contribution in [0, 0.1) is 0 Å². The molecule has 3 N–H and O–H groups in total. The summed E-state index contributed by atoms with van der Waals surface area (Å²) < 4.78 is 16.4. The Morgan fingerprint density at radius 3 is 2.45 bits per heavy atom. The minimum absolute atomic E-state index is 0.224. The Morgan fingerprint density at radius 1 is 1.10 bits per heavy atom. The van der Waals surface area contributed by atoms with Crippen LogP contribution in [0.3, 0.4) is 0 Å². The van der Waals surface area contributed by atoms with Crippen molar-refractivity contribution in [1.29, 1.82) is 0 Å². The van der Waals surface area contributed by atoms with Crippen LogP contribution in [-0.2, 0) is 19.1 Å².